The van der Waals surface area contributed by atoms with Gasteiger partial charge in [-0.25, -0.2) is 0 Å². The van der Waals surface area contributed by atoms with Gasteiger partial charge in [-0.05, 0) is 67.1 Å². The second-order valence-electron chi connectivity index (χ2n) is 6.81. The Balaban J connectivity index is 0.00000240. The quantitative estimate of drug-likeness (QED) is 0.283. The molecule has 4 rings (SSSR count). The molecule has 1 aromatic heterocycles. The molecule has 1 heterocycles. The van der Waals surface area contributed by atoms with Gasteiger partial charge in [0.25, 0.3) is 0 Å². The minimum absolute atomic E-state index is 0. The van der Waals surface area contributed by atoms with E-state index in [2.05, 4.69) is 38.6 Å². The van der Waals surface area contributed by atoms with Crippen molar-refractivity contribution in [3.05, 3.63) is 64.5 Å². The zero-order valence-corrected chi connectivity index (χ0v) is 19.0. The van der Waals surface area contributed by atoms with Crippen molar-refractivity contribution in [1.29, 1.82) is 0 Å². The number of hydrogen-bond donors (Lipinski definition) is 2. The first-order valence-electron chi connectivity index (χ1n) is 9.45. The molecule has 1 aliphatic rings. The van der Waals surface area contributed by atoms with Crippen LogP contribution in [0.1, 0.15) is 29.9 Å². The molecule has 0 fully saturated rings. The minimum atomic E-state index is 0. The Morgan fingerprint density at radius 3 is 2.76 bits per heavy atom. The molecule has 3 aromatic rings. The molecular weight excluding hydrogens is 501 g/mol. The average molecular weight is 524 g/mol. The molecular formula is C21H23ClIN5O. The first-order valence-corrected chi connectivity index (χ1v) is 9.83. The van der Waals surface area contributed by atoms with Crippen molar-refractivity contribution in [3.63, 3.8) is 0 Å². The number of halogens is 2. The van der Waals surface area contributed by atoms with E-state index in [1.54, 1.807) is 12.1 Å². The molecule has 0 bridgehead atoms. The summed E-state index contributed by atoms with van der Waals surface area (Å²) in [6.07, 6.45) is 5.21. The van der Waals surface area contributed by atoms with Crippen molar-refractivity contribution < 1.29 is 4.52 Å². The minimum Gasteiger partial charge on any atom is -0.370 e. The second kappa shape index (κ2) is 10.1. The summed E-state index contributed by atoms with van der Waals surface area (Å²) in [7, 11) is 0. The Labute approximate surface area is 192 Å². The number of nitrogens with zero attached hydrogens (tertiary/aromatic N) is 3. The first kappa shape index (κ1) is 21.6. The number of guanidine groups is 1. The smallest absolute Gasteiger partial charge is 0.228 e. The van der Waals surface area contributed by atoms with Gasteiger partial charge in [-0.2, -0.15) is 4.98 Å². The van der Waals surface area contributed by atoms with Gasteiger partial charge in [-0.15, -0.1) is 24.0 Å². The SMILES string of the molecule is I.NC(=NCCc1nc(-c2ccc(Cl)cc2)no1)Nc1cccc2c1CCCC2. The number of aryl methyl sites for hydroxylation is 1. The van der Waals surface area contributed by atoms with Crippen LogP contribution in [0, 0.1) is 0 Å². The number of benzene rings is 2. The van der Waals surface area contributed by atoms with Crippen LogP contribution in [-0.2, 0) is 19.3 Å². The first-order chi connectivity index (χ1) is 13.7. The van der Waals surface area contributed by atoms with Crippen LogP contribution in [0.5, 0.6) is 0 Å². The van der Waals surface area contributed by atoms with Gasteiger partial charge in [0.05, 0.1) is 6.54 Å². The zero-order valence-electron chi connectivity index (χ0n) is 15.9. The maximum atomic E-state index is 6.07. The molecule has 29 heavy (non-hydrogen) atoms. The molecule has 152 valence electrons. The van der Waals surface area contributed by atoms with Crippen molar-refractivity contribution in [1.82, 2.24) is 10.1 Å². The number of aliphatic imine (C=N–C) groups is 1. The lowest BCUT2D eigenvalue weighted by atomic mass is 9.90. The predicted molar refractivity (Wildman–Crippen MR) is 127 cm³/mol. The lowest BCUT2D eigenvalue weighted by Gasteiger charge is -2.19. The summed E-state index contributed by atoms with van der Waals surface area (Å²) >= 11 is 5.90. The van der Waals surface area contributed by atoms with E-state index in [4.69, 9.17) is 21.9 Å². The van der Waals surface area contributed by atoms with Gasteiger partial charge in [0.1, 0.15) is 0 Å². The highest BCUT2D eigenvalue weighted by molar-refractivity contribution is 14.0. The van der Waals surface area contributed by atoms with Crippen LogP contribution >= 0.6 is 35.6 Å². The molecule has 8 heteroatoms. The normalized spacial score (nSPS) is 13.5. The zero-order chi connectivity index (χ0) is 19.3. The molecule has 0 atom stereocenters. The van der Waals surface area contributed by atoms with Crippen LogP contribution < -0.4 is 11.1 Å². The molecule has 0 saturated carbocycles. The lowest BCUT2D eigenvalue weighted by Crippen LogP contribution is -2.24. The molecule has 0 saturated heterocycles. The molecule has 2 aromatic carbocycles. The van der Waals surface area contributed by atoms with E-state index in [9.17, 15) is 0 Å². The fourth-order valence-corrected chi connectivity index (χ4v) is 3.55. The van der Waals surface area contributed by atoms with E-state index in [0.29, 0.717) is 35.7 Å². The maximum Gasteiger partial charge on any atom is 0.228 e. The number of fused-ring (bicyclic) bond motifs is 1. The summed E-state index contributed by atoms with van der Waals surface area (Å²) in [5, 5.41) is 7.92. The standard InChI is InChI=1S/C21H22ClN5O.HI/c22-16-10-8-15(9-11-16)20-26-19(28-27-20)12-13-24-21(23)25-18-7-3-5-14-4-1-2-6-17(14)18;/h3,5,7-11H,1-2,4,6,12-13H2,(H3,23,24,25);1H. The molecule has 0 aliphatic heterocycles. The van der Waals surface area contributed by atoms with Gasteiger partial charge < -0.3 is 15.6 Å². The average Bonchev–Trinajstić information content (AvgIpc) is 3.18. The van der Waals surface area contributed by atoms with Crippen molar-refractivity contribution in [3.8, 4) is 11.4 Å². The van der Waals surface area contributed by atoms with E-state index >= 15 is 0 Å². The highest BCUT2D eigenvalue weighted by atomic mass is 127. The van der Waals surface area contributed by atoms with Gasteiger partial charge in [-0.1, -0.05) is 28.9 Å². The van der Waals surface area contributed by atoms with Gasteiger partial charge in [-0.3, -0.25) is 4.99 Å². The Morgan fingerprint density at radius 1 is 1.14 bits per heavy atom. The number of anilines is 1. The van der Waals surface area contributed by atoms with E-state index in [0.717, 1.165) is 24.1 Å². The maximum absolute atomic E-state index is 6.07. The van der Waals surface area contributed by atoms with Gasteiger partial charge in [0.15, 0.2) is 5.96 Å². The third kappa shape index (κ3) is 5.48. The van der Waals surface area contributed by atoms with Crippen LogP contribution in [0.15, 0.2) is 52.0 Å². The van der Waals surface area contributed by atoms with Crippen LogP contribution in [0.3, 0.4) is 0 Å². The van der Waals surface area contributed by atoms with E-state index in [1.807, 2.05) is 12.1 Å². The van der Waals surface area contributed by atoms with E-state index < -0.39 is 0 Å². The molecule has 1 aliphatic carbocycles. The highest BCUT2D eigenvalue weighted by Crippen LogP contribution is 2.27. The molecule has 0 amide bonds. The molecule has 0 unspecified atom stereocenters. The number of nitrogens with two attached hydrogens (primary N) is 1. The molecule has 3 N–H and O–H groups in total. The Hall–Kier alpha value is -2.13. The molecule has 6 nitrogen and oxygen atoms in total. The highest BCUT2D eigenvalue weighted by Gasteiger charge is 2.13. The predicted octanol–water partition coefficient (Wildman–Crippen LogP) is 4.86. The molecule has 0 radical (unpaired) electrons. The summed E-state index contributed by atoms with van der Waals surface area (Å²) in [6, 6.07) is 13.6. The largest absolute Gasteiger partial charge is 0.370 e. The summed E-state index contributed by atoms with van der Waals surface area (Å²) in [5.41, 5.74) is 10.8. The monoisotopic (exact) mass is 523 g/mol. The van der Waals surface area contributed by atoms with E-state index in [-0.39, 0.29) is 24.0 Å². The summed E-state index contributed by atoms with van der Waals surface area (Å²) in [5.74, 6) is 1.47. The van der Waals surface area contributed by atoms with Gasteiger partial charge in [0.2, 0.25) is 11.7 Å². The Morgan fingerprint density at radius 2 is 1.93 bits per heavy atom. The van der Waals surface area contributed by atoms with E-state index in [1.165, 1.54) is 24.0 Å². The topological polar surface area (TPSA) is 89.3 Å². The van der Waals surface area contributed by atoms with Crippen LogP contribution in [0.25, 0.3) is 11.4 Å². The van der Waals surface area contributed by atoms with Crippen molar-refractivity contribution >= 4 is 47.2 Å². The Bertz CT molecular complexity index is 987. The van der Waals surface area contributed by atoms with Crippen molar-refractivity contribution in [2.75, 3.05) is 11.9 Å². The van der Waals surface area contributed by atoms with Crippen molar-refractivity contribution in [2.45, 2.75) is 32.1 Å². The summed E-state index contributed by atoms with van der Waals surface area (Å²) in [4.78, 5) is 8.79. The second-order valence-corrected chi connectivity index (χ2v) is 7.25. The van der Waals surface area contributed by atoms with Crippen LogP contribution in [0.4, 0.5) is 5.69 Å². The van der Waals surface area contributed by atoms with Crippen molar-refractivity contribution in [2.24, 2.45) is 10.7 Å². The third-order valence-corrected chi connectivity index (χ3v) is 5.09. The van der Waals surface area contributed by atoms with Gasteiger partial charge >= 0.3 is 0 Å². The molecule has 0 spiro atoms. The fourth-order valence-electron chi connectivity index (χ4n) is 3.42. The third-order valence-electron chi connectivity index (χ3n) is 4.84. The number of nitrogens with one attached hydrogen (secondary N) is 1. The Kier molecular flexibility index (Phi) is 7.49. The summed E-state index contributed by atoms with van der Waals surface area (Å²) in [6.45, 7) is 0.468. The van der Waals surface area contributed by atoms with Crippen LogP contribution in [0.2, 0.25) is 5.02 Å². The van der Waals surface area contributed by atoms with Gasteiger partial charge in [0, 0.05) is 22.7 Å². The summed E-state index contributed by atoms with van der Waals surface area (Å²) < 4.78 is 5.30. The number of rotatable bonds is 5. The number of hydrogen-bond acceptors (Lipinski definition) is 4. The van der Waals surface area contributed by atoms with Crippen LogP contribution in [-0.4, -0.2) is 22.6 Å². The lowest BCUT2D eigenvalue weighted by molar-refractivity contribution is 0.380. The fraction of sp³-hybridized carbons (Fsp3) is 0.286. The number of aromatic nitrogens is 2.